The molecule has 1 aromatic rings. The van der Waals surface area contributed by atoms with E-state index in [4.69, 9.17) is 9.47 Å². The fourth-order valence-corrected chi connectivity index (χ4v) is 4.07. The summed E-state index contributed by atoms with van der Waals surface area (Å²) >= 11 is 0. The first-order chi connectivity index (χ1) is 17.5. The molecule has 36 heavy (non-hydrogen) atoms. The molecule has 0 aromatic carbocycles. The van der Waals surface area contributed by atoms with Crippen molar-refractivity contribution < 1.29 is 19.1 Å². The van der Waals surface area contributed by atoms with Gasteiger partial charge in [0.1, 0.15) is 0 Å². The molecule has 0 spiro atoms. The Balaban J connectivity index is 2.29. The van der Waals surface area contributed by atoms with Crippen LogP contribution in [0.5, 0.6) is 0 Å². The quantitative estimate of drug-likeness (QED) is 0.172. The second kappa shape index (κ2) is 20.8. The minimum absolute atomic E-state index is 0.398. The van der Waals surface area contributed by atoms with Gasteiger partial charge in [-0.2, -0.15) is 0 Å². The maximum absolute atomic E-state index is 12.2. The lowest BCUT2D eigenvalue weighted by Crippen LogP contribution is -2.18. The SMILES string of the molecule is CCCCCCCCCCOC(=O)Nc1cc(NC(=O)OCCCCCCCCCC)c(C)nc1C. The van der Waals surface area contributed by atoms with Crippen molar-refractivity contribution in [1.82, 2.24) is 4.98 Å². The Morgan fingerprint density at radius 2 is 0.944 bits per heavy atom. The normalized spacial score (nSPS) is 10.8. The van der Waals surface area contributed by atoms with Gasteiger partial charge in [-0.1, -0.05) is 104 Å². The Morgan fingerprint density at radius 1 is 0.611 bits per heavy atom. The van der Waals surface area contributed by atoms with E-state index < -0.39 is 12.2 Å². The number of rotatable bonds is 20. The van der Waals surface area contributed by atoms with Crippen LogP contribution in [-0.2, 0) is 9.47 Å². The number of aryl methyl sites for hydroxylation is 2. The predicted octanol–water partition coefficient (Wildman–Crippen LogP) is 9.08. The third-order valence-corrected chi connectivity index (χ3v) is 6.34. The van der Waals surface area contributed by atoms with Crippen LogP contribution in [0.3, 0.4) is 0 Å². The summed E-state index contributed by atoms with van der Waals surface area (Å²) in [7, 11) is 0. The van der Waals surface area contributed by atoms with Gasteiger partial charge < -0.3 is 9.47 Å². The summed E-state index contributed by atoms with van der Waals surface area (Å²) in [6.07, 6.45) is 18.1. The molecule has 0 aliphatic heterocycles. The van der Waals surface area contributed by atoms with Gasteiger partial charge in [0.2, 0.25) is 0 Å². The summed E-state index contributed by atoms with van der Waals surface area (Å²) in [4.78, 5) is 28.9. The zero-order valence-electron chi connectivity index (χ0n) is 23.4. The Labute approximate surface area is 219 Å². The van der Waals surface area contributed by atoms with Gasteiger partial charge in [0.15, 0.2) is 0 Å². The zero-order valence-corrected chi connectivity index (χ0v) is 23.4. The van der Waals surface area contributed by atoms with Crippen LogP contribution in [-0.4, -0.2) is 30.4 Å². The van der Waals surface area contributed by atoms with E-state index in [1.54, 1.807) is 6.07 Å². The van der Waals surface area contributed by atoms with E-state index in [2.05, 4.69) is 29.5 Å². The zero-order chi connectivity index (χ0) is 26.4. The van der Waals surface area contributed by atoms with Gasteiger partial charge >= 0.3 is 12.2 Å². The fourth-order valence-electron chi connectivity index (χ4n) is 4.07. The van der Waals surface area contributed by atoms with Gasteiger partial charge in [0.05, 0.1) is 36.0 Å². The number of aromatic nitrogens is 1. The standard InChI is InChI=1S/C29H51N3O4/c1-5-7-9-11-13-15-17-19-21-35-28(33)31-26-23-27(25(4)30-24(26)3)32-29(34)36-22-20-18-16-14-12-10-8-6-2/h23H,5-22H2,1-4H3,(H,31,33)(H,32,34). The summed E-state index contributed by atoms with van der Waals surface area (Å²) in [5, 5.41) is 5.49. The number of hydrogen-bond donors (Lipinski definition) is 2. The molecule has 7 nitrogen and oxygen atoms in total. The van der Waals surface area contributed by atoms with E-state index in [1.165, 1.54) is 77.0 Å². The molecule has 0 fully saturated rings. The maximum atomic E-state index is 12.2. The molecule has 7 heteroatoms. The minimum atomic E-state index is -0.505. The molecule has 0 saturated heterocycles. The third kappa shape index (κ3) is 15.6. The highest BCUT2D eigenvalue weighted by molar-refractivity contribution is 5.89. The van der Waals surface area contributed by atoms with Crippen molar-refractivity contribution in [2.24, 2.45) is 0 Å². The summed E-state index contributed by atoms with van der Waals surface area (Å²) in [5.41, 5.74) is 2.35. The summed E-state index contributed by atoms with van der Waals surface area (Å²) in [6.45, 7) is 8.87. The number of anilines is 2. The Morgan fingerprint density at radius 3 is 1.31 bits per heavy atom. The molecular weight excluding hydrogens is 454 g/mol. The first kappa shape index (κ1) is 31.7. The van der Waals surface area contributed by atoms with Crippen molar-refractivity contribution in [3.05, 3.63) is 17.5 Å². The molecule has 0 aliphatic rings. The van der Waals surface area contributed by atoms with Gasteiger partial charge in [0, 0.05) is 0 Å². The number of carbonyl (C=O) groups is 2. The second-order valence-electron chi connectivity index (χ2n) is 9.73. The molecule has 206 valence electrons. The molecular formula is C29H51N3O4. The number of amides is 2. The van der Waals surface area contributed by atoms with Crippen molar-refractivity contribution in [2.45, 2.75) is 130 Å². The van der Waals surface area contributed by atoms with E-state index in [1.807, 2.05) is 13.8 Å². The van der Waals surface area contributed by atoms with Crippen LogP contribution in [0.25, 0.3) is 0 Å². The summed E-state index contributed by atoms with van der Waals surface area (Å²) in [6, 6.07) is 1.70. The number of unbranched alkanes of at least 4 members (excludes halogenated alkanes) is 14. The Hall–Kier alpha value is -2.31. The van der Waals surface area contributed by atoms with Gasteiger partial charge in [0.25, 0.3) is 0 Å². The van der Waals surface area contributed by atoms with Gasteiger partial charge in [-0.25, -0.2) is 9.59 Å². The monoisotopic (exact) mass is 505 g/mol. The molecule has 1 aromatic heterocycles. The number of carbonyl (C=O) groups excluding carboxylic acids is 2. The topological polar surface area (TPSA) is 89.6 Å². The van der Waals surface area contributed by atoms with E-state index in [0.29, 0.717) is 36.0 Å². The van der Waals surface area contributed by atoms with E-state index in [0.717, 1.165) is 25.7 Å². The highest BCUT2D eigenvalue weighted by Gasteiger charge is 2.13. The lowest BCUT2D eigenvalue weighted by molar-refractivity contribution is 0.158. The molecule has 2 amide bonds. The first-order valence-electron chi connectivity index (χ1n) is 14.3. The molecule has 0 bridgehead atoms. The van der Waals surface area contributed by atoms with Crippen LogP contribution in [0, 0.1) is 13.8 Å². The second-order valence-corrected chi connectivity index (χ2v) is 9.73. The molecule has 0 aliphatic carbocycles. The lowest BCUT2D eigenvalue weighted by atomic mass is 10.1. The summed E-state index contributed by atoms with van der Waals surface area (Å²) < 4.78 is 10.6. The Kier molecular flexibility index (Phi) is 18.4. The van der Waals surface area contributed by atoms with Crippen LogP contribution in [0.2, 0.25) is 0 Å². The lowest BCUT2D eigenvalue weighted by Gasteiger charge is -2.14. The van der Waals surface area contributed by atoms with Crippen molar-refractivity contribution in [3.8, 4) is 0 Å². The van der Waals surface area contributed by atoms with Crippen molar-refractivity contribution in [3.63, 3.8) is 0 Å². The molecule has 1 rings (SSSR count). The van der Waals surface area contributed by atoms with Crippen LogP contribution < -0.4 is 10.6 Å². The molecule has 0 unspecified atom stereocenters. The van der Waals surface area contributed by atoms with Crippen LogP contribution in [0.1, 0.15) is 128 Å². The van der Waals surface area contributed by atoms with Crippen molar-refractivity contribution in [1.29, 1.82) is 0 Å². The smallest absolute Gasteiger partial charge is 0.411 e. The average Bonchev–Trinajstić information content (AvgIpc) is 2.85. The van der Waals surface area contributed by atoms with Gasteiger partial charge in [-0.3, -0.25) is 15.6 Å². The highest BCUT2D eigenvalue weighted by Crippen LogP contribution is 2.22. The molecule has 2 N–H and O–H groups in total. The summed E-state index contributed by atoms with van der Waals surface area (Å²) in [5.74, 6) is 0. The third-order valence-electron chi connectivity index (χ3n) is 6.34. The van der Waals surface area contributed by atoms with Crippen LogP contribution in [0.4, 0.5) is 21.0 Å². The van der Waals surface area contributed by atoms with Gasteiger partial charge in [-0.15, -0.1) is 0 Å². The number of hydrogen-bond acceptors (Lipinski definition) is 5. The molecule has 0 radical (unpaired) electrons. The van der Waals surface area contributed by atoms with E-state index in [-0.39, 0.29) is 0 Å². The number of pyridine rings is 1. The fraction of sp³-hybridized carbons (Fsp3) is 0.759. The Bertz CT molecular complexity index is 682. The minimum Gasteiger partial charge on any atom is -0.449 e. The largest absolute Gasteiger partial charge is 0.449 e. The first-order valence-corrected chi connectivity index (χ1v) is 14.3. The van der Waals surface area contributed by atoms with Crippen LogP contribution in [0.15, 0.2) is 6.07 Å². The molecule has 0 atom stereocenters. The number of nitrogens with zero attached hydrogens (tertiary/aromatic N) is 1. The highest BCUT2D eigenvalue weighted by atomic mass is 16.6. The van der Waals surface area contributed by atoms with E-state index >= 15 is 0 Å². The molecule has 0 saturated carbocycles. The van der Waals surface area contributed by atoms with E-state index in [9.17, 15) is 9.59 Å². The predicted molar refractivity (Wildman–Crippen MR) is 149 cm³/mol. The maximum Gasteiger partial charge on any atom is 0.411 e. The number of nitrogens with one attached hydrogen (secondary N) is 2. The van der Waals surface area contributed by atoms with Gasteiger partial charge in [-0.05, 0) is 32.8 Å². The number of ether oxygens (including phenoxy) is 2. The molecule has 1 heterocycles. The average molecular weight is 506 g/mol. The van der Waals surface area contributed by atoms with Crippen LogP contribution >= 0.6 is 0 Å². The van der Waals surface area contributed by atoms with Crippen molar-refractivity contribution >= 4 is 23.6 Å². The van der Waals surface area contributed by atoms with Crippen molar-refractivity contribution in [2.75, 3.05) is 23.8 Å².